The van der Waals surface area contributed by atoms with Crippen LogP contribution in [0.4, 0.5) is 5.69 Å². The number of thioether (sulfide) groups is 2. The average Bonchev–Trinajstić information content (AvgIpc) is 2.60. The van der Waals surface area contributed by atoms with Gasteiger partial charge in [0.25, 0.3) is 0 Å². The lowest BCUT2D eigenvalue weighted by Crippen LogP contribution is -2.28. The SMILES string of the molecule is C#Cc1ccc(N2CCSCCOCCOCCSCC2)cc1. The zero-order valence-corrected chi connectivity index (χ0v) is 15.2. The van der Waals surface area contributed by atoms with Crippen LogP contribution in [0.5, 0.6) is 0 Å². The summed E-state index contributed by atoms with van der Waals surface area (Å²) in [6, 6.07) is 8.30. The standard InChI is InChI=1S/C18H25NO2S2/c1-2-17-3-5-18(6-4-17)19-7-13-22-15-11-20-9-10-21-12-16-23-14-8-19/h1,3-6H,7-16H2. The highest BCUT2D eigenvalue weighted by atomic mass is 32.2. The van der Waals surface area contributed by atoms with E-state index < -0.39 is 0 Å². The van der Waals surface area contributed by atoms with Gasteiger partial charge in [-0.15, -0.1) is 6.42 Å². The predicted molar refractivity (Wildman–Crippen MR) is 103 cm³/mol. The first-order chi connectivity index (χ1) is 11.4. The number of ether oxygens (including phenoxy) is 2. The first-order valence-corrected chi connectivity index (χ1v) is 10.3. The summed E-state index contributed by atoms with van der Waals surface area (Å²) in [6.07, 6.45) is 5.44. The summed E-state index contributed by atoms with van der Waals surface area (Å²) in [5.41, 5.74) is 2.19. The van der Waals surface area contributed by atoms with E-state index in [1.807, 2.05) is 35.7 Å². The fraction of sp³-hybridized carbons (Fsp3) is 0.556. The van der Waals surface area contributed by atoms with Crippen molar-refractivity contribution in [2.75, 3.05) is 67.4 Å². The Morgan fingerprint density at radius 3 is 1.91 bits per heavy atom. The molecule has 0 spiro atoms. The minimum absolute atomic E-state index is 0.707. The van der Waals surface area contributed by atoms with Crippen LogP contribution in [0.1, 0.15) is 5.56 Å². The van der Waals surface area contributed by atoms with Crippen LogP contribution in [-0.2, 0) is 9.47 Å². The highest BCUT2D eigenvalue weighted by Crippen LogP contribution is 2.17. The molecule has 1 aromatic rings. The van der Waals surface area contributed by atoms with Crippen LogP contribution >= 0.6 is 23.5 Å². The van der Waals surface area contributed by atoms with Gasteiger partial charge in [-0.1, -0.05) is 5.92 Å². The van der Waals surface area contributed by atoms with Gasteiger partial charge >= 0.3 is 0 Å². The van der Waals surface area contributed by atoms with E-state index in [2.05, 4.69) is 23.0 Å². The Hall–Kier alpha value is -0.800. The third-order valence-corrected chi connectivity index (χ3v) is 5.38. The minimum Gasteiger partial charge on any atom is -0.378 e. The Morgan fingerprint density at radius 1 is 0.826 bits per heavy atom. The van der Waals surface area contributed by atoms with E-state index in [9.17, 15) is 0 Å². The number of nitrogens with zero attached hydrogens (tertiary/aromatic N) is 1. The molecule has 3 nitrogen and oxygen atoms in total. The van der Waals surface area contributed by atoms with Crippen molar-refractivity contribution in [2.24, 2.45) is 0 Å². The second-order valence-electron chi connectivity index (χ2n) is 5.13. The Labute approximate surface area is 148 Å². The maximum Gasteiger partial charge on any atom is 0.0700 e. The summed E-state index contributed by atoms with van der Waals surface area (Å²) < 4.78 is 11.1. The normalized spacial score (nSPS) is 19.3. The summed E-state index contributed by atoms with van der Waals surface area (Å²) in [5, 5.41) is 0. The lowest BCUT2D eigenvalue weighted by atomic mass is 10.2. The van der Waals surface area contributed by atoms with Crippen molar-refractivity contribution in [3.8, 4) is 12.3 Å². The second kappa shape index (κ2) is 11.7. The van der Waals surface area contributed by atoms with Crippen LogP contribution < -0.4 is 4.90 Å². The molecule has 0 aromatic heterocycles. The third-order valence-electron chi connectivity index (χ3n) is 3.53. The molecular formula is C18H25NO2S2. The van der Waals surface area contributed by atoms with Crippen LogP contribution in [-0.4, -0.2) is 62.5 Å². The van der Waals surface area contributed by atoms with Gasteiger partial charge < -0.3 is 14.4 Å². The molecule has 1 aromatic carbocycles. The molecule has 0 amide bonds. The van der Waals surface area contributed by atoms with Gasteiger partial charge in [-0.3, -0.25) is 0 Å². The molecule has 0 saturated carbocycles. The number of anilines is 1. The molecule has 1 heterocycles. The largest absolute Gasteiger partial charge is 0.378 e. The Morgan fingerprint density at radius 2 is 1.39 bits per heavy atom. The quantitative estimate of drug-likeness (QED) is 0.723. The fourth-order valence-corrected chi connectivity index (χ4v) is 3.83. The predicted octanol–water partition coefficient (Wildman–Crippen LogP) is 2.99. The molecule has 2 rings (SSSR count). The fourth-order valence-electron chi connectivity index (χ4n) is 2.25. The molecule has 0 N–H and O–H groups in total. The minimum atomic E-state index is 0.707. The van der Waals surface area contributed by atoms with E-state index in [0.717, 1.165) is 54.9 Å². The number of terminal acetylenes is 1. The van der Waals surface area contributed by atoms with Gasteiger partial charge in [-0.25, -0.2) is 0 Å². The van der Waals surface area contributed by atoms with Gasteiger partial charge in [0.1, 0.15) is 0 Å². The molecule has 1 fully saturated rings. The number of hydrogen-bond acceptors (Lipinski definition) is 5. The Balaban J connectivity index is 1.89. The van der Waals surface area contributed by atoms with Gasteiger partial charge in [-0.2, -0.15) is 23.5 Å². The van der Waals surface area contributed by atoms with E-state index in [1.54, 1.807) is 0 Å². The first kappa shape index (κ1) is 18.5. The molecular weight excluding hydrogens is 326 g/mol. The Bertz CT molecular complexity index is 457. The molecule has 1 aliphatic rings. The van der Waals surface area contributed by atoms with E-state index in [-0.39, 0.29) is 0 Å². The van der Waals surface area contributed by atoms with Crippen molar-refractivity contribution >= 4 is 29.2 Å². The summed E-state index contributed by atoms with van der Waals surface area (Å²) in [7, 11) is 0. The molecule has 5 heteroatoms. The molecule has 0 atom stereocenters. The lowest BCUT2D eigenvalue weighted by molar-refractivity contribution is 0.0605. The van der Waals surface area contributed by atoms with Crippen LogP contribution in [0, 0.1) is 12.3 Å². The zero-order chi connectivity index (χ0) is 16.2. The molecule has 23 heavy (non-hydrogen) atoms. The monoisotopic (exact) mass is 351 g/mol. The van der Waals surface area contributed by atoms with Crippen LogP contribution in [0.2, 0.25) is 0 Å². The summed E-state index contributed by atoms with van der Waals surface area (Å²) in [4.78, 5) is 2.45. The van der Waals surface area contributed by atoms with E-state index in [4.69, 9.17) is 15.9 Å². The Kier molecular flexibility index (Phi) is 9.42. The maximum absolute atomic E-state index is 5.56. The molecule has 0 radical (unpaired) electrons. The molecule has 1 aliphatic heterocycles. The summed E-state index contributed by atoms with van der Waals surface area (Å²) in [5.74, 6) is 6.98. The van der Waals surface area contributed by atoms with Crippen molar-refractivity contribution in [2.45, 2.75) is 0 Å². The van der Waals surface area contributed by atoms with Gasteiger partial charge in [0, 0.05) is 47.4 Å². The number of rotatable bonds is 1. The van der Waals surface area contributed by atoms with E-state index >= 15 is 0 Å². The number of benzene rings is 1. The van der Waals surface area contributed by atoms with Crippen molar-refractivity contribution in [1.29, 1.82) is 0 Å². The van der Waals surface area contributed by atoms with Crippen molar-refractivity contribution in [1.82, 2.24) is 0 Å². The van der Waals surface area contributed by atoms with Crippen LogP contribution in [0.15, 0.2) is 24.3 Å². The number of hydrogen-bond donors (Lipinski definition) is 0. The van der Waals surface area contributed by atoms with Crippen LogP contribution in [0.3, 0.4) is 0 Å². The van der Waals surface area contributed by atoms with Crippen molar-refractivity contribution < 1.29 is 9.47 Å². The highest BCUT2D eigenvalue weighted by Gasteiger charge is 2.07. The molecule has 0 unspecified atom stereocenters. The lowest BCUT2D eigenvalue weighted by Gasteiger charge is -2.24. The van der Waals surface area contributed by atoms with E-state index in [0.29, 0.717) is 13.2 Å². The van der Waals surface area contributed by atoms with Gasteiger partial charge in [0.2, 0.25) is 0 Å². The summed E-state index contributed by atoms with van der Waals surface area (Å²) >= 11 is 3.89. The summed E-state index contributed by atoms with van der Waals surface area (Å²) in [6.45, 7) is 5.13. The molecule has 1 saturated heterocycles. The average molecular weight is 352 g/mol. The van der Waals surface area contributed by atoms with Gasteiger partial charge in [0.15, 0.2) is 0 Å². The topological polar surface area (TPSA) is 21.7 Å². The van der Waals surface area contributed by atoms with Crippen molar-refractivity contribution in [3.05, 3.63) is 29.8 Å². The van der Waals surface area contributed by atoms with Gasteiger partial charge in [-0.05, 0) is 24.3 Å². The van der Waals surface area contributed by atoms with Crippen molar-refractivity contribution in [3.63, 3.8) is 0 Å². The van der Waals surface area contributed by atoms with Crippen LogP contribution in [0.25, 0.3) is 0 Å². The first-order valence-electron chi connectivity index (χ1n) is 8.03. The molecule has 0 aliphatic carbocycles. The van der Waals surface area contributed by atoms with E-state index in [1.165, 1.54) is 5.69 Å². The zero-order valence-electron chi connectivity index (χ0n) is 13.5. The molecule has 126 valence electrons. The third kappa shape index (κ3) is 7.54. The highest BCUT2D eigenvalue weighted by molar-refractivity contribution is 7.99. The second-order valence-corrected chi connectivity index (χ2v) is 7.58. The molecule has 0 bridgehead atoms. The smallest absolute Gasteiger partial charge is 0.0700 e. The maximum atomic E-state index is 5.56. The van der Waals surface area contributed by atoms with Gasteiger partial charge in [0.05, 0.1) is 26.4 Å².